The molecule has 2 aromatic carbocycles. The maximum atomic E-state index is 11.7. The number of nitro groups is 1. The number of imidazole rings is 1. The predicted molar refractivity (Wildman–Crippen MR) is 146 cm³/mol. The van der Waals surface area contributed by atoms with Gasteiger partial charge < -0.3 is 24.0 Å². The summed E-state index contributed by atoms with van der Waals surface area (Å²) < 4.78 is 20.8. The van der Waals surface area contributed by atoms with Crippen LogP contribution in [0.4, 0.5) is 5.95 Å². The highest BCUT2D eigenvalue weighted by Crippen LogP contribution is 2.40. The molecule has 0 radical (unpaired) electrons. The fourth-order valence-electron chi connectivity index (χ4n) is 5.09. The van der Waals surface area contributed by atoms with E-state index in [2.05, 4.69) is 50.0 Å². The molecule has 0 aliphatic carbocycles. The van der Waals surface area contributed by atoms with Crippen molar-refractivity contribution in [1.82, 2.24) is 9.55 Å². The molecule has 1 aliphatic heterocycles. The van der Waals surface area contributed by atoms with Gasteiger partial charge in [-0.15, -0.1) is 0 Å². The molecule has 2 heterocycles. The summed E-state index contributed by atoms with van der Waals surface area (Å²) in [5, 5.41) is 13.7. The van der Waals surface area contributed by atoms with Crippen LogP contribution in [-0.4, -0.2) is 54.7 Å². The van der Waals surface area contributed by atoms with Crippen molar-refractivity contribution in [2.45, 2.75) is 52.0 Å². The monoisotopic (exact) mass is 537 g/mol. The lowest BCUT2D eigenvalue weighted by atomic mass is 9.89. The smallest absolute Gasteiger partial charge is 0.407 e. The molecule has 10 heteroatoms. The summed E-state index contributed by atoms with van der Waals surface area (Å²) in [6.07, 6.45) is 1.90. The molecule has 9 nitrogen and oxygen atoms in total. The number of carbonyl (C=O) groups is 1. The number of carbonyl (C=O) groups excluding carboxylic acids is 1. The van der Waals surface area contributed by atoms with Gasteiger partial charge in [0, 0.05) is 6.61 Å². The van der Waals surface area contributed by atoms with Crippen LogP contribution in [0, 0.1) is 15.5 Å². The van der Waals surface area contributed by atoms with Crippen molar-refractivity contribution in [2.24, 2.45) is 5.41 Å². The van der Waals surface area contributed by atoms with E-state index in [1.165, 1.54) is 10.8 Å². The van der Waals surface area contributed by atoms with Crippen molar-refractivity contribution in [1.29, 1.82) is 0 Å². The van der Waals surface area contributed by atoms with Crippen LogP contribution in [0.1, 0.15) is 45.1 Å². The molecule has 0 bridgehead atoms. The second kappa shape index (κ2) is 10.5. The minimum Gasteiger partial charge on any atom is -0.407 e. The lowest BCUT2D eigenvalue weighted by molar-refractivity contribution is -0.397. The van der Waals surface area contributed by atoms with E-state index in [0.29, 0.717) is 6.29 Å². The van der Waals surface area contributed by atoms with Gasteiger partial charge in [-0.05, 0) is 34.2 Å². The Labute approximate surface area is 224 Å². The number of aromatic nitrogens is 2. The number of rotatable bonds is 9. The summed E-state index contributed by atoms with van der Waals surface area (Å²) in [6, 6.07) is 20.5. The van der Waals surface area contributed by atoms with Crippen LogP contribution in [0.3, 0.4) is 0 Å². The van der Waals surface area contributed by atoms with E-state index in [1.54, 1.807) is 0 Å². The maximum Gasteiger partial charge on any atom is 0.435 e. The van der Waals surface area contributed by atoms with Crippen molar-refractivity contribution >= 4 is 30.9 Å². The highest BCUT2D eigenvalue weighted by Gasteiger charge is 2.53. The Morgan fingerprint density at radius 3 is 2.03 bits per heavy atom. The van der Waals surface area contributed by atoms with Crippen LogP contribution < -0.4 is 10.4 Å². The Hall–Kier alpha value is -3.18. The van der Waals surface area contributed by atoms with Crippen molar-refractivity contribution in [3.63, 3.8) is 0 Å². The molecule has 3 aromatic rings. The largest absolute Gasteiger partial charge is 0.435 e. The molecule has 0 saturated carbocycles. The van der Waals surface area contributed by atoms with Crippen molar-refractivity contribution in [3.8, 4) is 0 Å². The van der Waals surface area contributed by atoms with E-state index in [0.717, 1.165) is 10.4 Å². The van der Waals surface area contributed by atoms with Crippen LogP contribution in [-0.2, 0) is 20.4 Å². The van der Waals surface area contributed by atoms with Gasteiger partial charge in [0.1, 0.15) is 6.20 Å². The third-order valence-corrected chi connectivity index (χ3v) is 12.0. The zero-order valence-corrected chi connectivity index (χ0v) is 23.5. The topological polar surface area (TPSA) is 106 Å². The van der Waals surface area contributed by atoms with E-state index < -0.39 is 30.4 Å². The number of hydrogen-bond acceptors (Lipinski definition) is 7. The molecule has 202 valence electrons. The van der Waals surface area contributed by atoms with Gasteiger partial charge in [0.25, 0.3) is 8.32 Å². The van der Waals surface area contributed by atoms with Gasteiger partial charge in [-0.3, -0.25) is 4.79 Å². The molecule has 0 N–H and O–H groups in total. The van der Waals surface area contributed by atoms with Gasteiger partial charge >= 0.3 is 5.95 Å². The van der Waals surface area contributed by atoms with Crippen LogP contribution >= 0.6 is 0 Å². The van der Waals surface area contributed by atoms with Crippen LogP contribution in [0.5, 0.6) is 0 Å². The molecule has 38 heavy (non-hydrogen) atoms. The first kappa shape index (κ1) is 27.8. The van der Waals surface area contributed by atoms with Gasteiger partial charge in [-0.2, -0.15) is 0 Å². The molecule has 4 rings (SSSR count). The molecule has 1 aromatic heterocycles. The second-order valence-electron chi connectivity index (χ2n) is 11.4. The molecule has 0 atom stereocenters. The van der Waals surface area contributed by atoms with Crippen molar-refractivity contribution in [3.05, 3.63) is 82.7 Å². The summed E-state index contributed by atoms with van der Waals surface area (Å²) in [6.45, 7) is 11.1. The van der Waals surface area contributed by atoms with Gasteiger partial charge in [-0.1, -0.05) is 86.4 Å². The number of nitrogens with zero attached hydrogens (tertiary/aromatic N) is 3. The fraction of sp³-hybridized carbons (Fsp3) is 0.429. The Balaban J connectivity index is 1.79. The Morgan fingerprint density at radius 1 is 1.05 bits per heavy atom. The number of aldehydes is 1. The first-order chi connectivity index (χ1) is 17.9. The van der Waals surface area contributed by atoms with Gasteiger partial charge in [0.2, 0.25) is 5.69 Å². The first-order valence-electron chi connectivity index (χ1n) is 12.6. The average Bonchev–Trinajstić information content (AvgIpc) is 3.30. The minimum atomic E-state index is -2.90. The van der Waals surface area contributed by atoms with Crippen molar-refractivity contribution in [2.75, 3.05) is 19.8 Å². The SMILES string of the molecule is CC1(C)OCC(CO[Si](c2ccccc2)(c2ccccc2)C(C)(C)C)(Cn2cc(C=O)nc2[N+](=O)[O-])CO1. The molecular formula is C28H35N3O6Si. The molecule has 0 amide bonds. The van der Waals surface area contributed by atoms with Crippen molar-refractivity contribution < 1.29 is 23.6 Å². The zero-order valence-electron chi connectivity index (χ0n) is 22.5. The van der Waals surface area contributed by atoms with Gasteiger partial charge in [-0.25, -0.2) is 4.57 Å². The quantitative estimate of drug-likeness (QED) is 0.176. The van der Waals surface area contributed by atoms with E-state index in [-0.39, 0.29) is 37.1 Å². The molecule has 0 unspecified atom stereocenters. The third-order valence-electron chi connectivity index (χ3n) is 7.03. The van der Waals surface area contributed by atoms with Crippen LogP contribution in [0.15, 0.2) is 66.9 Å². The van der Waals surface area contributed by atoms with E-state index in [9.17, 15) is 14.9 Å². The molecule has 1 saturated heterocycles. The molecular weight excluding hydrogens is 502 g/mol. The highest BCUT2D eigenvalue weighted by atomic mass is 28.4. The third kappa shape index (κ3) is 5.49. The summed E-state index contributed by atoms with van der Waals surface area (Å²) in [7, 11) is -2.90. The second-order valence-corrected chi connectivity index (χ2v) is 15.7. The van der Waals surface area contributed by atoms with E-state index in [4.69, 9.17) is 13.9 Å². The first-order valence-corrected chi connectivity index (χ1v) is 14.5. The number of hydrogen-bond donors (Lipinski definition) is 0. The van der Waals surface area contributed by atoms with Crippen LogP contribution in [0.2, 0.25) is 5.04 Å². The highest BCUT2D eigenvalue weighted by molar-refractivity contribution is 6.99. The maximum absolute atomic E-state index is 11.7. The number of benzene rings is 2. The summed E-state index contributed by atoms with van der Waals surface area (Å²) in [5.41, 5.74) is -0.772. The van der Waals surface area contributed by atoms with Gasteiger partial charge in [0.05, 0.1) is 25.2 Å². The average molecular weight is 538 g/mol. The summed E-state index contributed by atoms with van der Waals surface area (Å²) in [4.78, 5) is 26.4. The lowest BCUT2D eigenvalue weighted by Crippen LogP contribution is -2.68. The standard InChI is InChI=1S/C28H35N3O6Si/c1-26(2,3)38(23-12-8-6-9-13-23,24-14-10-7-11-15-24)37-21-28(19-35-27(4,5)36-20-28)18-30-16-22(17-32)29-25(30)31(33)34/h6-17H,18-21H2,1-5H3. The molecule has 0 spiro atoms. The Bertz CT molecular complexity index is 1220. The summed E-state index contributed by atoms with van der Waals surface area (Å²) >= 11 is 0. The Morgan fingerprint density at radius 2 is 1.58 bits per heavy atom. The van der Waals surface area contributed by atoms with Gasteiger partial charge in [0.15, 0.2) is 12.1 Å². The summed E-state index contributed by atoms with van der Waals surface area (Å²) in [5.74, 6) is -1.20. The minimum absolute atomic E-state index is 0.00210. The Kier molecular flexibility index (Phi) is 7.71. The van der Waals surface area contributed by atoms with E-state index >= 15 is 0 Å². The lowest BCUT2D eigenvalue weighted by Gasteiger charge is -2.47. The zero-order chi connectivity index (χ0) is 27.6. The molecule has 1 aliphatic rings. The fourth-order valence-corrected chi connectivity index (χ4v) is 9.76. The normalized spacial score (nSPS) is 17.2. The van der Waals surface area contributed by atoms with E-state index in [1.807, 2.05) is 50.2 Å². The van der Waals surface area contributed by atoms with Crippen LogP contribution in [0.25, 0.3) is 0 Å². The predicted octanol–water partition coefficient (Wildman–Crippen LogP) is 3.95. The molecule has 1 fully saturated rings. The number of ether oxygens (including phenoxy) is 2.